The van der Waals surface area contributed by atoms with E-state index in [1.54, 1.807) is 6.92 Å². The number of hydrogen-bond acceptors (Lipinski definition) is 2. The largest absolute Gasteiger partial charge is 0.493 e. The summed E-state index contributed by atoms with van der Waals surface area (Å²) < 4.78 is 42.0. The maximum absolute atomic E-state index is 12.2. The second-order valence-electron chi connectivity index (χ2n) is 2.43. The summed E-state index contributed by atoms with van der Waals surface area (Å²) in [4.78, 5) is 3.24. The molecule has 14 heavy (non-hydrogen) atoms. The summed E-state index contributed by atoms with van der Waals surface area (Å²) in [6, 6.07) is 0.869. The van der Waals surface area contributed by atoms with Gasteiger partial charge >= 0.3 is 6.18 Å². The third-order valence-electron chi connectivity index (χ3n) is 1.41. The van der Waals surface area contributed by atoms with Crippen LogP contribution >= 0.6 is 15.9 Å². The van der Waals surface area contributed by atoms with Gasteiger partial charge in [-0.05, 0) is 22.9 Å². The Hall–Kier alpha value is -0.780. The molecule has 0 unspecified atom stereocenters. The van der Waals surface area contributed by atoms with Crippen molar-refractivity contribution in [3.8, 4) is 5.75 Å². The summed E-state index contributed by atoms with van der Waals surface area (Å²) in [7, 11) is 0. The highest BCUT2D eigenvalue weighted by Gasteiger charge is 2.33. The molecule has 0 aliphatic carbocycles. The first-order valence-electron chi connectivity index (χ1n) is 3.80. The van der Waals surface area contributed by atoms with Crippen LogP contribution in [-0.2, 0) is 6.18 Å². The molecule has 1 rings (SSSR count). The lowest BCUT2D eigenvalue weighted by atomic mass is 10.3. The third kappa shape index (κ3) is 2.60. The number of alkyl halides is 3. The molecule has 0 aliphatic rings. The van der Waals surface area contributed by atoms with Crippen LogP contribution in [-0.4, -0.2) is 11.6 Å². The van der Waals surface area contributed by atoms with Crippen molar-refractivity contribution >= 4 is 15.9 Å². The first kappa shape index (κ1) is 11.3. The van der Waals surface area contributed by atoms with Crippen LogP contribution in [0.4, 0.5) is 13.2 Å². The molecule has 0 spiro atoms. The fourth-order valence-electron chi connectivity index (χ4n) is 0.841. The Morgan fingerprint density at radius 2 is 2.14 bits per heavy atom. The molecule has 0 radical (unpaired) electrons. The quantitative estimate of drug-likeness (QED) is 0.822. The second-order valence-corrected chi connectivity index (χ2v) is 3.29. The van der Waals surface area contributed by atoms with E-state index in [0.29, 0.717) is 11.1 Å². The van der Waals surface area contributed by atoms with E-state index in [2.05, 4.69) is 20.9 Å². The van der Waals surface area contributed by atoms with E-state index in [9.17, 15) is 13.2 Å². The fraction of sp³-hybridized carbons (Fsp3) is 0.375. The summed E-state index contributed by atoms with van der Waals surface area (Å²) in [5, 5.41) is 0. The van der Waals surface area contributed by atoms with Crippen molar-refractivity contribution in [1.82, 2.24) is 4.98 Å². The summed E-state index contributed by atoms with van der Waals surface area (Å²) >= 11 is 3.04. The molecule has 0 saturated carbocycles. The van der Waals surface area contributed by atoms with Gasteiger partial charge in [-0.15, -0.1) is 0 Å². The van der Waals surface area contributed by atoms with E-state index < -0.39 is 11.9 Å². The molecule has 0 saturated heterocycles. The van der Waals surface area contributed by atoms with E-state index in [-0.39, 0.29) is 5.75 Å². The van der Waals surface area contributed by atoms with Gasteiger partial charge in [0, 0.05) is 12.3 Å². The number of hydrogen-bond donors (Lipinski definition) is 0. The summed E-state index contributed by atoms with van der Waals surface area (Å²) in [6.07, 6.45) is -3.36. The van der Waals surface area contributed by atoms with E-state index in [1.165, 1.54) is 0 Å². The van der Waals surface area contributed by atoms with Crippen LogP contribution in [0.25, 0.3) is 0 Å². The highest BCUT2D eigenvalue weighted by molar-refractivity contribution is 9.10. The highest BCUT2D eigenvalue weighted by atomic mass is 79.9. The molecule has 0 aliphatic heterocycles. The van der Waals surface area contributed by atoms with Gasteiger partial charge < -0.3 is 4.74 Å². The molecule has 0 aromatic carbocycles. The fourth-order valence-corrected chi connectivity index (χ4v) is 1.17. The molecule has 1 aromatic heterocycles. The summed E-state index contributed by atoms with van der Waals surface area (Å²) in [5.41, 5.74) is -0.954. The number of rotatable bonds is 2. The van der Waals surface area contributed by atoms with Crippen molar-refractivity contribution in [3.63, 3.8) is 0 Å². The molecular weight excluding hydrogens is 263 g/mol. The summed E-state index contributed by atoms with van der Waals surface area (Å²) in [6.45, 7) is 2.00. The molecule has 78 valence electrons. The van der Waals surface area contributed by atoms with Gasteiger partial charge in [-0.2, -0.15) is 13.2 Å². The standard InChI is InChI=1S/C8H7BrF3NO/c1-2-14-6-3-7(8(10,11)12)13-4-5(6)9/h3-4H,2H2,1H3. The SMILES string of the molecule is CCOc1cc(C(F)(F)F)ncc1Br. The number of aromatic nitrogens is 1. The van der Waals surface area contributed by atoms with E-state index >= 15 is 0 Å². The first-order valence-corrected chi connectivity index (χ1v) is 4.60. The zero-order valence-corrected chi connectivity index (χ0v) is 8.82. The summed E-state index contributed by atoms with van der Waals surface area (Å²) in [5.74, 6) is 0.148. The molecule has 0 bridgehead atoms. The van der Waals surface area contributed by atoms with Gasteiger partial charge in [0.1, 0.15) is 11.4 Å². The number of ether oxygens (including phenoxy) is 1. The van der Waals surface area contributed by atoms with Gasteiger partial charge in [0.05, 0.1) is 11.1 Å². The van der Waals surface area contributed by atoms with Crippen LogP contribution in [0.15, 0.2) is 16.7 Å². The van der Waals surface area contributed by atoms with Crippen LogP contribution in [0.1, 0.15) is 12.6 Å². The first-order chi connectivity index (χ1) is 6.45. The van der Waals surface area contributed by atoms with E-state index in [4.69, 9.17) is 4.74 Å². The van der Waals surface area contributed by atoms with Crippen molar-refractivity contribution in [1.29, 1.82) is 0 Å². The molecule has 1 heterocycles. The second kappa shape index (κ2) is 4.16. The topological polar surface area (TPSA) is 22.1 Å². The third-order valence-corrected chi connectivity index (χ3v) is 2.01. The smallest absolute Gasteiger partial charge is 0.433 e. The molecular formula is C8H7BrF3NO. The van der Waals surface area contributed by atoms with Crippen molar-refractivity contribution in [2.45, 2.75) is 13.1 Å². The molecule has 0 fully saturated rings. The number of halogens is 4. The lowest BCUT2D eigenvalue weighted by molar-refractivity contribution is -0.141. The maximum atomic E-state index is 12.2. The Bertz CT molecular complexity index is 327. The number of nitrogens with zero attached hydrogens (tertiary/aromatic N) is 1. The van der Waals surface area contributed by atoms with Crippen LogP contribution in [0.3, 0.4) is 0 Å². The molecule has 2 nitrogen and oxygen atoms in total. The van der Waals surface area contributed by atoms with Crippen LogP contribution < -0.4 is 4.74 Å². The zero-order valence-electron chi connectivity index (χ0n) is 7.23. The predicted molar refractivity (Wildman–Crippen MR) is 48.1 cm³/mol. The van der Waals surface area contributed by atoms with Gasteiger partial charge in [-0.3, -0.25) is 4.98 Å². The van der Waals surface area contributed by atoms with Crippen molar-refractivity contribution in [2.75, 3.05) is 6.61 Å². The van der Waals surface area contributed by atoms with Crippen LogP contribution in [0.5, 0.6) is 5.75 Å². The molecule has 0 atom stereocenters. The highest BCUT2D eigenvalue weighted by Crippen LogP contribution is 2.33. The van der Waals surface area contributed by atoms with Gasteiger partial charge in [0.25, 0.3) is 0 Å². The lowest BCUT2D eigenvalue weighted by Gasteiger charge is -2.09. The van der Waals surface area contributed by atoms with Crippen LogP contribution in [0.2, 0.25) is 0 Å². The van der Waals surface area contributed by atoms with Gasteiger partial charge in [-0.1, -0.05) is 0 Å². The number of pyridine rings is 1. The lowest BCUT2D eigenvalue weighted by Crippen LogP contribution is -2.08. The Morgan fingerprint density at radius 3 is 2.64 bits per heavy atom. The van der Waals surface area contributed by atoms with Gasteiger partial charge in [0.2, 0.25) is 0 Å². The Morgan fingerprint density at radius 1 is 1.50 bits per heavy atom. The molecule has 6 heteroatoms. The Balaban J connectivity index is 3.06. The van der Waals surface area contributed by atoms with Crippen molar-refractivity contribution in [2.24, 2.45) is 0 Å². The van der Waals surface area contributed by atoms with Crippen molar-refractivity contribution in [3.05, 3.63) is 22.4 Å². The predicted octanol–water partition coefficient (Wildman–Crippen LogP) is 3.26. The van der Waals surface area contributed by atoms with Crippen LogP contribution in [0, 0.1) is 0 Å². The minimum absolute atomic E-state index is 0.148. The minimum atomic E-state index is -4.44. The van der Waals surface area contributed by atoms with Gasteiger partial charge in [-0.25, -0.2) is 0 Å². The normalized spacial score (nSPS) is 11.5. The monoisotopic (exact) mass is 269 g/mol. The molecule has 0 N–H and O–H groups in total. The minimum Gasteiger partial charge on any atom is -0.493 e. The average Bonchev–Trinajstić information content (AvgIpc) is 2.07. The Labute approximate surface area is 87.2 Å². The Kier molecular flexibility index (Phi) is 3.36. The average molecular weight is 270 g/mol. The van der Waals surface area contributed by atoms with Gasteiger partial charge in [0.15, 0.2) is 0 Å². The van der Waals surface area contributed by atoms with Crippen molar-refractivity contribution < 1.29 is 17.9 Å². The molecule has 1 aromatic rings. The zero-order chi connectivity index (χ0) is 10.8. The molecule has 0 amide bonds. The van der Waals surface area contributed by atoms with E-state index in [1.807, 2.05) is 0 Å². The van der Waals surface area contributed by atoms with E-state index in [0.717, 1.165) is 12.3 Å². The maximum Gasteiger partial charge on any atom is 0.433 e.